The first-order chi connectivity index (χ1) is 7.83. The quantitative estimate of drug-likeness (QED) is 0.822. The predicted octanol–water partition coefficient (Wildman–Crippen LogP) is 3.80. The van der Waals surface area contributed by atoms with Crippen molar-refractivity contribution in [1.82, 2.24) is 5.32 Å². The first-order valence-corrected chi connectivity index (χ1v) is 6.38. The lowest BCUT2D eigenvalue weighted by Crippen LogP contribution is -2.34. The lowest BCUT2D eigenvalue weighted by Gasteiger charge is -2.29. The highest BCUT2D eigenvalue weighted by atomic mass is 19.1. The summed E-state index contributed by atoms with van der Waals surface area (Å²) < 4.78 is 14.0. The van der Waals surface area contributed by atoms with Crippen LogP contribution in [0.1, 0.15) is 50.3 Å². The zero-order valence-electron chi connectivity index (χ0n) is 11.2. The summed E-state index contributed by atoms with van der Waals surface area (Å²) >= 11 is 0. The monoisotopic (exact) mass is 235 g/mol. The van der Waals surface area contributed by atoms with Gasteiger partial charge in [0.05, 0.1) is 0 Å². The third-order valence-electron chi connectivity index (χ3n) is 3.89. The van der Waals surface area contributed by atoms with E-state index in [1.807, 2.05) is 18.2 Å². The third kappa shape index (κ3) is 2.37. The summed E-state index contributed by atoms with van der Waals surface area (Å²) in [4.78, 5) is 0. The summed E-state index contributed by atoms with van der Waals surface area (Å²) in [7, 11) is 0. The molecule has 1 saturated heterocycles. The molecule has 0 amide bonds. The van der Waals surface area contributed by atoms with Gasteiger partial charge in [-0.25, -0.2) is 4.39 Å². The van der Waals surface area contributed by atoms with Gasteiger partial charge in [-0.15, -0.1) is 0 Å². The zero-order valence-corrected chi connectivity index (χ0v) is 11.2. The number of nitrogens with one attached hydrogen (secondary N) is 1. The van der Waals surface area contributed by atoms with Gasteiger partial charge in [0.2, 0.25) is 0 Å². The largest absolute Gasteiger partial charge is 0.308 e. The molecule has 1 heterocycles. The standard InChI is InChI=1S/C15H22FN/c1-11-6-7-12(14(2,3)16)10-13(11)15(4)8-5-9-17-15/h6-7,10,17H,5,8-9H2,1-4H3. The van der Waals surface area contributed by atoms with Crippen LogP contribution in [0.2, 0.25) is 0 Å². The van der Waals surface area contributed by atoms with Gasteiger partial charge in [-0.3, -0.25) is 0 Å². The van der Waals surface area contributed by atoms with E-state index in [2.05, 4.69) is 19.2 Å². The van der Waals surface area contributed by atoms with Gasteiger partial charge in [-0.05, 0) is 63.8 Å². The highest BCUT2D eigenvalue weighted by molar-refractivity contribution is 5.38. The van der Waals surface area contributed by atoms with Crippen LogP contribution in [0.3, 0.4) is 0 Å². The van der Waals surface area contributed by atoms with E-state index in [1.165, 1.54) is 17.5 Å². The lowest BCUT2D eigenvalue weighted by atomic mass is 9.84. The van der Waals surface area contributed by atoms with Crippen LogP contribution < -0.4 is 5.32 Å². The molecule has 1 aromatic carbocycles. The van der Waals surface area contributed by atoms with Crippen LogP contribution >= 0.6 is 0 Å². The topological polar surface area (TPSA) is 12.0 Å². The molecule has 0 radical (unpaired) electrons. The Kier molecular flexibility index (Phi) is 3.03. The molecule has 17 heavy (non-hydrogen) atoms. The Hall–Kier alpha value is -0.890. The van der Waals surface area contributed by atoms with Crippen molar-refractivity contribution >= 4 is 0 Å². The molecule has 94 valence electrons. The van der Waals surface area contributed by atoms with Crippen LogP contribution in [-0.2, 0) is 11.2 Å². The van der Waals surface area contributed by atoms with Crippen LogP contribution in [-0.4, -0.2) is 6.54 Å². The maximum absolute atomic E-state index is 14.0. The Balaban J connectivity index is 2.46. The SMILES string of the molecule is Cc1ccc(C(C)(C)F)cc1C1(C)CCCN1. The fourth-order valence-corrected chi connectivity index (χ4v) is 2.71. The third-order valence-corrected chi connectivity index (χ3v) is 3.89. The van der Waals surface area contributed by atoms with Crippen LogP contribution in [0.15, 0.2) is 18.2 Å². The highest BCUT2D eigenvalue weighted by Gasteiger charge is 2.32. The predicted molar refractivity (Wildman–Crippen MR) is 69.9 cm³/mol. The van der Waals surface area contributed by atoms with Crippen molar-refractivity contribution in [1.29, 1.82) is 0 Å². The molecule has 2 rings (SSSR count). The summed E-state index contributed by atoms with van der Waals surface area (Å²) in [6, 6.07) is 5.97. The fraction of sp³-hybridized carbons (Fsp3) is 0.600. The summed E-state index contributed by atoms with van der Waals surface area (Å²) in [5, 5.41) is 3.55. The molecule has 0 spiro atoms. The average Bonchev–Trinajstić information content (AvgIpc) is 2.65. The van der Waals surface area contributed by atoms with Gasteiger partial charge >= 0.3 is 0 Å². The molecule has 1 nitrogen and oxygen atoms in total. The van der Waals surface area contributed by atoms with Crippen LogP contribution in [0, 0.1) is 6.92 Å². The van der Waals surface area contributed by atoms with E-state index in [-0.39, 0.29) is 5.54 Å². The minimum Gasteiger partial charge on any atom is -0.308 e. The first kappa shape index (κ1) is 12.6. The van der Waals surface area contributed by atoms with E-state index in [1.54, 1.807) is 13.8 Å². The zero-order chi connectivity index (χ0) is 12.7. The maximum atomic E-state index is 14.0. The van der Waals surface area contributed by atoms with Crippen LogP contribution in [0.25, 0.3) is 0 Å². The van der Waals surface area contributed by atoms with Crippen molar-refractivity contribution < 1.29 is 4.39 Å². The average molecular weight is 235 g/mol. The molecule has 1 fully saturated rings. The molecule has 1 atom stereocenters. The van der Waals surface area contributed by atoms with Crippen molar-refractivity contribution in [2.75, 3.05) is 6.54 Å². The van der Waals surface area contributed by atoms with Crippen molar-refractivity contribution in [3.63, 3.8) is 0 Å². The van der Waals surface area contributed by atoms with Gasteiger partial charge in [0.1, 0.15) is 5.67 Å². The summed E-state index contributed by atoms with van der Waals surface area (Å²) in [5.41, 5.74) is 2.02. The maximum Gasteiger partial charge on any atom is 0.130 e. The number of benzene rings is 1. The molecule has 0 aliphatic carbocycles. The fourth-order valence-electron chi connectivity index (χ4n) is 2.71. The van der Waals surface area contributed by atoms with Gasteiger partial charge in [0.15, 0.2) is 0 Å². The Morgan fingerprint density at radius 3 is 2.59 bits per heavy atom. The smallest absolute Gasteiger partial charge is 0.130 e. The molecule has 1 aliphatic rings. The Morgan fingerprint density at radius 2 is 2.06 bits per heavy atom. The van der Waals surface area contributed by atoms with Crippen molar-refractivity contribution in [3.05, 3.63) is 34.9 Å². The summed E-state index contributed by atoms with van der Waals surface area (Å²) in [6.45, 7) is 8.61. The lowest BCUT2D eigenvalue weighted by molar-refractivity contribution is 0.221. The van der Waals surface area contributed by atoms with Crippen LogP contribution in [0.5, 0.6) is 0 Å². The molecule has 1 N–H and O–H groups in total. The van der Waals surface area contributed by atoms with E-state index in [9.17, 15) is 4.39 Å². The van der Waals surface area contributed by atoms with Crippen molar-refractivity contribution in [2.45, 2.75) is 51.7 Å². The molecular weight excluding hydrogens is 213 g/mol. The molecule has 0 saturated carbocycles. The number of alkyl halides is 1. The molecule has 2 heteroatoms. The molecule has 1 unspecified atom stereocenters. The highest BCUT2D eigenvalue weighted by Crippen LogP contribution is 2.35. The van der Waals surface area contributed by atoms with E-state index in [4.69, 9.17) is 0 Å². The number of hydrogen-bond acceptors (Lipinski definition) is 1. The van der Waals surface area contributed by atoms with Crippen molar-refractivity contribution in [2.24, 2.45) is 0 Å². The number of aryl methyl sites for hydroxylation is 1. The Morgan fingerprint density at radius 1 is 1.35 bits per heavy atom. The number of rotatable bonds is 2. The molecule has 0 bridgehead atoms. The molecule has 0 aromatic heterocycles. The first-order valence-electron chi connectivity index (χ1n) is 6.38. The molecule has 1 aliphatic heterocycles. The van der Waals surface area contributed by atoms with Gasteiger partial charge < -0.3 is 5.32 Å². The summed E-state index contributed by atoms with van der Waals surface area (Å²) in [6.07, 6.45) is 2.32. The van der Waals surface area contributed by atoms with Crippen molar-refractivity contribution in [3.8, 4) is 0 Å². The van der Waals surface area contributed by atoms with Crippen LogP contribution in [0.4, 0.5) is 4.39 Å². The normalized spacial score (nSPS) is 25.2. The van der Waals surface area contributed by atoms with Gasteiger partial charge in [0.25, 0.3) is 0 Å². The van der Waals surface area contributed by atoms with Gasteiger partial charge in [-0.1, -0.05) is 18.2 Å². The molecular formula is C15H22FN. The van der Waals surface area contributed by atoms with Gasteiger partial charge in [-0.2, -0.15) is 0 Å². The van der Waals surface area contributed by atoms with Gasteiger partial charge in [0, 0.05) is 5.54 Å². The second-order valence-electron chi connectivity index (χ2n) is 5.86. The summed E-state index contributed by atoms with van der Waals surface area (Å²) in [5.74, 6) is 0. The number of hydrogen-bond donors (Lipinski definition) is 1. The Bertz CT molecular complexity index is 411. The van der Waals surface area contributed by atoms with E-state index >= 15 is 0 Å². The molecule has 1 aromatic rings. The minimum absolute atomic E-state index is 0.0192. The van der Waals surface area contributed by atoms with E-state index in [0.29, 0.717) is 0 Å². The minimum atomic E-state index is -1.27. The second kappa shape index (κ2) is 4.09. The van der Waals surface area contributed by atoms with E-state index < -0.39 is 5.67 Å². The second-order valence-corrected chi connectivity index (χ2v) is 5.86. The van der Waals surface area contributed by atoms with E-state index in [0.717, 1.165) is 18.5 Å². The Labute approximate surface area is 103 Å². The number of halogens is 1.